The zero-order chi connectivity index (χ0) is 19.1. The van der Waals surface area contributed by atoms with Gasteiger partial charge in [0.05, 0.1) is 5.52 Å². The quantitative estimate of drug-likeness (QED) is 0.380. The highest BCUT2D eigenvalue weighted by atomic mass is 16.3. The van der Waals surface area contributed by atoms with Gasteiger partial charge in [0, 0.05) is 17.5 Å². The summed E-state index contributed by atoms with van der Waals surface area (Å²) in [4.78, 5) is 12.2. The van der Waals surface area contributed by atoms with Crippen molar-refractivity contribution >= 4 is 22.5 Å². The number of azo groups is 1. The van der Waals surface area contributed by atoms with Crippen LogP contribution in [-0.4, -0.2) is 15.6 Å². The van der Waals surface area contributed by atoms with Gasteiger partial charge in [0.15, 0.2) is 5.69 Å². The van der Waals surface area contributed by atoms with Crippen molar-refractivity contribution in [3.05, 3.63) is 60.2 Å². The normalized spacial score (nSPS) is 11.4. The van der Waals surface area contributed by atoms with Crippen LogP contribution in [0.4, 0.5) is 5.69 Å². The Balaban J connectivity index is 1.84. The van der Waals surface area contributed by atoms with E-state index in [1.165, 1.54) is 19.3 Å². The molecule has 2 aromatic carbocycles. The molecule has 0 aliphatic rings. The molecule has 1 N–H and O–H groups in total. The third-order valence-corrected chi connectivity index (χ3v) is 4.66. The zero-order valence-electron chi connectivity index (χ0n) is 15.6. The first-order valence-electron chi connectivity index (χ1n) is 9.53. The molecule has 5 heteroatoms. The molecule has 140 valence electrons. The Labute approximate surface area is 159 Å². The van der Waals surface area contributed by atoms with Gasteiger partial charge in [-0.05, 0) is 24.6 Å². The summed E-state index contributed by atoms with van der Waals surface area (Å²) in [6, 6.07) is 16.5. The Morgan fingerprint density at radius 2 is 1.67 bits per heavy atom. The van der Waals surface area contributed by atoms with Crippen LogP contribution < -0.4 is 0 Å². The van der Waals surface area contributed by atoms with Gasteiger partial charge in [0.2, 0.25) is 5.88 Å². The van der Waals surface area contributed by atoms with E-state index in [2.05, 4.69) is 17.2 Å². The van der Waals surface area contributed by atoms with E-state index in [4.69, 9.17) is 0 Å². The summed E-state index contributed by atoms with van der Waals surface area (Å²) in [5.41, 5.74) is 1.73. The second-order valence-electron chi connectivity index (χ2n) is 6.63. The molecule has 0 aliphatic carbocycles. The highest BCUT2D eigenvalue weighted by Crippen LogP contribution is 2.39. The molecule has 5 nitrogen and oxygen atoms in total. The maximum atomic E-state index is 12.2. The topological polar surface area (TPSA) is 66.9 Å². The van der Waals surface area contributed by atoms with E-state index in [0.29, 0.717) is 11.3 Å². The van der Waals surface area contributed by atoms with Gasteiger partial charge in [-0.2, -0.15) is 0 Å². The van der Waals surface area contributed by atoms with Crippen molar-refractivity contribution in [2.75, 3.05) is 0 Å². The van der Waals surface area contributed by atoms with E-state index in [1.54, 1.807) is 24.3 Å². The number of rotatable bonds is 8. The van der Waals surface area contributed by atoms with Gasteiger partial charge in [-0.25, -0.2) is 0 Å². The van der Waals surface area contributed by atoms with Crippen LogP contribution in [0.5, 0.6) is 5.88 Å². The number of hydrogen-bond acceptors (Lipinski definition) is 3. The van der Waals surface area contributed by atoms with Crippen LogP contribution in [0.15, 0.2) is 64.8 Å². The first kappa shape index (κ1) is 18.8. The Morgan fingerprint density at radius 1 is 0.963 bits per heavy atom. The van der Waals surface area contributed by atoms with Crippen molar-refractivity contribution in [3.63, 3.8) is 0 Å². The van der Waals surface area contributed by atoms with Crippen LogP contribution >= 0.6 is 0 Å². The summed E-state index contributed by atoms with van der Waals surface area (Å²) in [7, 11) is 0. The van der Waals surface area contributed by atoms with Crippen LogP contribution in [0.1, 0.15) is 49.4 Å². The summed E-state index contributed by atoms with van der Waals surface area (Å²) in [6.07, 6.45) is 5.76. The molecule has 1 amide bonds. The molecule has 0 saturated carbocycles. The lowest BCUT2D eigenvalue weighted by atomic mass is 10.1. The predicted octanol–water partition coefficient (Wildman–Crippen LogP) is 6.24. The van der Waals surface area contributed by atoms with Crippen LogP contribution in [0.2, 0.25) is 0 Å². The summed E-state index contributed by atoms with van der Waals surface area (Å²) in [5.74, 6) is -0.359. The van der Waals surface area contributed by atoms with Gasteiger partial charge in [-0.15, -0.1) is 10.2 Å². The van der Waals surface area contributed by atoms with E-state index < -0.39 is 5.91 Å². The number of benzene rings is 2. The fourth-order valence-corrected chi connectivity index (χ4v) is 3.20. The number of carbonyl (C=O) groups excluding carboxylic acids is 1. The van der Waals surface area contributed by atoms with E-state index in [0.717, 1.165) is 30.3 Å². The number of aryl methyl sites for hydroxylation is 1. The maximum Gasteiger partial charge on any atom is 0.295 e. The summed E-state index contributed by atoms with van der Waals surface area (Å²) in [6.45, 7) is 2.91. The maximum absolute atomic E-state index is 12.2. The largest absolute Gasteiger partial charge is 0.493 e. The van der Waals surface area contributed by atoms with Crippen LogP contribution in [0, 0.1) is 0 Å². The average Bonchev–Trinajstić information content (AvgIpc) is 2.98. The monoisotopic (exact) mass is 363 g/mol. The van der Waals surface area contributed by atoms with Gasteiger partial charge in [0.1, 0.15) is 0 Å². The van der Waals surface area contributed by atoms with Gasteiger partial charge in [0.25, 0.3) is 5.91 Å². The molecule has 1 aromatic heterocycles. The minimum atomic E-state index is -0.425. The third kappa shape index (κ3) is 4.42. The summed E-state index contributed by atoms with van der Waals surface area (Å²) in [5, 5.41) is 19.4. The standard InChI is InChI=1S/C22H25N3O2/c1-2-3-4-5-11-16-25-19-15-10-9-14-18(19)20(22(25)27)23-24-21(26)17-12-7-6-8-13-17/h6-10,12-15,27H,2-5,11,16H2,1H3. The number of fused-ring (bicyclic) bond motifs is 1. The van der Waals surface area contributed by atoms with Gasteiger partial charge < -0.3 is 9.67 Å². The second-order valence-corrected chi connectivity index (χ2v) is 6.63. The molecule has 0 fully saturated rings. The highest BCUT2D eigenvalue weighted by Gasteiger charge is 2.16. The van der Waals surface area contributed by atoms with Crippen LogP contribution in [-0.2, 0) is 6.54 Å². The van der Waals surface area contributed by atoms with E-state index >= 15 is 0 Å². The molecule has 0 aliphatic heterocycles. The van der Waals surface area contributed by atoms with E-state index in [9.17, 15) is 9.90 Å². The Bertz CT molecular complexity index is 929. The zero-order valence-corrected chi connectivity index (χ0v) is 15.6. The van der Waals surface area contributed by atoms with Gasteiger partial charge in [-0.3, -0.25) is 4.79 Å². The number of aromatic hydroxyl groups is 1. The molecule has 27 heavy (non-hydrogen) atoms. The van der Waals surface area contributed by atoms with E-state index in [1.807, 2.05) is 34.9 Å². The lowest BCUT2D eigenvalue weighted by Gasteiger charge is -2.06. The minimum absolute atomic E-state index is 0.0660. The highest BCUT2D eigenvalue weighted by molar-refractivity contribution is 5.97. The fraction of sp³-hybridized carbons (Fsp3) is 0.318. The molecule has 0 saturated heterocycles. The number of para-hydroxylation sites is 1. The number of unbranched alkanes of at least 4 members (excludes halogenated alkanes) is 4. The lowest BCUT2D eigenvalue weighted by molar-refractivity contribution is 0.0995. The minimum Gasteiger partial charge on any atom is -0.493 e. The summed E-state index contributed by atoms with van der Waals surface area (Å²) < 4.78 is 1.86. The van der Waals surface area contributed by atoms with Crippen molar-refractivity contribution in [2.24, 2.45) is 10.2 Å². The van der Waals surface area contributed by atoms with E-state index in [-0.39, 0.29) is 5.88 Å². The molecule has 0 spiro atoms. The van der Waals surface area contributed by atoms with Crippen LogP contribution in [0.3, 0.4) is 0 Å². The lowest BCUT2D eigenvalue weighted by Crippen LogP contribution is -1.97. The smallest absolute Gasteiger partial charge is 0.295 e. The van der Waals surface area contributed by atoms with Crippen molar-refractivity contribution in [1.82, 2.24) is 4.57 Å². The predicted molar refractivity (Wildman–Crippen MR) is 108 cm³/mol. The van der Waals surface area contributed by atoms with Gasteiger partial charge in [-0.1, -0.05) is 69.0 Å². The molecule has 0 unspecified atom stereocenters. The fourth-order valence-electron chi connectivity index (χ4n) is 3.20. The molecule has 3 rings (SSSR count). The number of hydrogen-bond donors (Lipinski definition) is 1. The number of aromatic nitrogens is 1. The third-order valence-electron chi connectivity index (χ3n) is 4.66. The first-order valence-corrected chi connectivity index (χ1v) is 9.53. The van der Waals surface area contributed by atoms with Crippen LogP contribution in [0.25, 0.3) is 10.9 Å². The van der Waals surface area contributed by atoms with Crippen molar-refractivity contribution < 1.29 is 9.90 Å². The van der Waals surface area contributed by atoms with Crippen molar-refractivity contribution in [3.8, 4) is 5.88 Å². The number of carbonyl (C=O) groups is 1. The molecule has 0 bridgehead atoms. The van der Waals surface area contributed by atoms with Gasteiger partial charge >= 0.3 is 0 Å². The Hall–Kier alpha value is -2.95. The number of amides is 1. The Kier molecular flexibility index (Phi) is 6.36. The number of nitrogens with zero attached hydrogens (tertiary/aromatic N) is 3. The molecule has 0 atom stereocenters. The van der Waals surface area contributed by atoms with Crippen molar-refractivity contribution in [1.29, 1.82) is 0 Å². The average molecular weight is 363 g/mol. The Morgan fingerprint density at radius 3 is 2.44 bits per heavy atom. The first-order chi connectivity index (χ1) is 13.2. The second kappa shape index (κ2) is 9.12. The SMILES string of the molecule is CCCCCCCn1c(O)c(N=NC(=O)c2ccccc2)c2ccccc21. The molecular weight excluding hydrogens is 338 g/mol. The molecule has 0 radical (unpaired) electrons. The summed E-state index contributed by atoms with van der Waals surface area (Å²) >= 11 is 0. The molecule has 3 aromatic rings. The molecular formula is C22H25N3O2. The van der Waals surface area contributed by atoms with Crippen molar-refractivity contribution in [2.45, 2.75) is 45.6 Å². The molecule has 1 heterocycles.